The number of benzene rings is 1. The van der Waals surface area contributed by atoms with Gasteiger partial charge in [0.1, 0.15) is 0 Å². The van der Waals surface area contributed by atoms with Gasteiger partial charge in [-0.1, -0.05) is 25.1 Å². The number of aryl methyl sites for hydroxylation is 2. The molecule has 0 saturated heterocycles. The number of likely N-dealkylation sites (N-methyl/N-ethyl adjacent to an activating group) is 1. The summed E-state index contributed by atoms with van der Waals surface area (Å²) in [6, 6.07) is 8.98. The van der Waals surface area contributed by atoms with Crippen LogP contribution in [0.2, 0.25) is 0 Å². The Hall–Kier alpha value is -1.06. The Labute approximate surface area is 123 Å². The van der Waals surface area contributed by atoms with Gasteiger partial charge in [0.2, 0.25) is 0 Å². The molecule has 1 aromatic heterocycles. The minimum absolute atomic E-state index is 0.278. The van der Waals surface area contributed by atoms with Crippen molar-refractivity contribution in [1.82, 2.24) is 5.32 Å². The fourth-order valence-corrected chi connectivity index (χ4v) is 2.77. The number of nitrogens with one attached hydrogen (secondary N) is 1. The van der Waals surface area contributed by atoms with E-state index in [2.05, 4.69) is 60.2 Å². The summed E-state index contributed by atoms with van der Waals surface area (Å²) in [4.78, 5) is 0. The molecule has 0 aliphatic heterocycles. The number of hydrogen-bond acceptors (Lipinski definition) is 2. The highest BCUT2D eigenvalue weighted by Crippen LogP contribution is 2.27. The van der Waals surface area contributed by atoms with Crippen LogP contribution in [0.1, 0.15) is 35.2 Å². The third-order valence-electron chi connectivity index (χ3n) is 3.48. The van der Waals surface area contributed by atoms with Gasteiger partial charge < -0.3 is 9.73 Å². The molecule has 0 fully saturated rings. The highest BCUT2D eigenvalue weighted by molar-refractivity contribution is 9.10. The van der Waals surface area contributed by atoms with Crippen molar-refractivity contribution in [3.63, 3.8) is 0 Å². The maximum Gasteiger partial charge on any atom is 0.173 e. The maximum atomic E-state index is 5.35. The highest BCUT2D eigenvalue weighted by Gasteiger charge is 2.16. The lowest BCUT2D eigenvalue weighted by atomic mass is 9.98. The largest absolute Gasteiger partial charge is 0.457 e. The third-order valence-corrected chi connectivity index (χ3v) is 4.13. The topological polar surface area (TPSA) is 25.2 Å². The van der Waals surface area contributed by atoms with E-state index in [-0.39, 0.29) is 6.04 Å². The number of hydrogen-bond donors (Lipinski definition) is 1. The van der Waals surface area contributed by atoms with E-state index in [1.807, 2.05) is 6.07 Å². The highest BCUT2D eigenvalue weighted by atomic mass is 79.9. The second-order valence-corrected chi connectivity index (χ2v) is 5.60. The van der Waals surface area contributed by atoms with Crippen LogP contribution >= 0.6 is 15.9 Å². The van der Waals surface area contributed by atoms with Gasteiger partial charge in [-0.05, 0) is 65.5 Å². The van der Waals surface area contributed by atoms with E-state index < -0.39 is 0 Å². The van der Waals surface area contributed by atoms with Gasteiger partial charge >= 0.3 is 0 Å². The molecule has 19 heavy (non-hydrogen) atoms. The van der Waals surface area contributed by atoms with Crippen LogP contribution in [-0.4, -0.2) is 6.54 Å². The summed E-state index contributed by atoms with van der Waals surface area (Å²) in [5.41, 5.74) is 5.22. The minimum atomic E-state index is 0.278. The molecule has 0 saturated carbocycles. The zero-order chi connectivity index (χ0) is 13.8. The molecule has 1 aromatic carbocycles. The van der Waals surface area contributed by atoms with Crippen molar-refractivity contribution in [1.29, 1.82) is 0 Å². The van der Waals surface area contributed by atoms with Crippen LogP contribution in [-0.2, 0) is 6.42 Å². The number of halogens is 1. The van der Waals surface area contributed by atoms with Crippen LogP contribution in [0.3, 0.4) is 0 Å². The molecule has 1 unspecified atom stereocenters. The van der Waals surface area contributed by atoms with Crippen molar-refractivity contribution < 1.29 is 4.42 Å². The van der Waals surface area contributed by atoms with Gasteiger partial charge in [-0.3, -0.25) is 0 Å². The van der Waals surface area contributed by atoms with Crippen molar-refractivity contribution in [2.45, 2.75) is 33.2 Å². The van der Waals surface area contributed by atoms with Crippen LogP contribution < -0.4 is 5.32 Å². The van der Waals surface area contributed by atoms with Crippen molar-refractivity contribution in [3.05, 3.63) is 57.5 Å². The molecule has 1 atom stereocenters. The van der Waals surface area contributed by atoms with Gasteiger partial charge in [0, 0.05) is 11.6 Å². The molecule has 0 aliphatic rings. The molecule has 0 aliphatic carbocycles. The molecule has 0 bridgehead atoms. The first kappa shape index (κ1) is 14.4. The van der Waals surface area contributed by atoms with E-state index in [9.17, 15) is 0 Å². The predicted octanol–water partition coefficient (Wildman–Crippen LogP) is 4.55. The normalized spacial score (nSPS) is 12.6. The molecular weight excluding hydrogens is 302 g/mol. The molecule has 0 amide bonds. The van der Waals surface area contributed by atoms with Crippen molar-refractivity contribution in [3.8, 4) is 0 Å². The van der Waals surface area contributed by atoms with Crippen LogP contribution in [0, 0.1) is 13.8 Å². The minimum Gasteiger partial charge on any atom is -0.457 e. The zero-order valence-electron chi connectivity index (χ0n) is 11.7. The van der Waals surface area contributed by atoms with Crippen molar-refractivity contribution in [2.75, 3.05) is 6.54 Å². The first-order valence-corrected chi connectivity index (χ1v) is 7.43. The standard InChI is InChI=1S/C16H20BrNO/c1-4-18-15(14-7-8-19-16(14)17)10-13-6-5-11(2)12(3)9-13/h5-9,15,18H,4,10H2,1-3H3. The van der Waals surface area contributed by atoms with Crippen LogP contribution in [0.25, 0.3) is 0 Å². The molecule has 0 spiro atoms. The molecular formula is C16H20BrNO. The van der Waals surface area contributed by atoms with Gasteiger partial charge in [-0.2, -0.15) is 0 Å². The Bertz CT molecular complexity index is 547. The molecule has 1 heterocycles. The summed E-state index contributed by atoms with van der Waals surface area (Å²) in [5, 5.41) is 3.52. The van der Waals surface area contributed by atoms with Gasteiger partial charge in [0.05, 0.1) is 6.26 Å². The number of rotatable bonds is 5. The van der Waals surface area contributed by atoms with E-state index in [1.165, 1.54) is 22.3 Å². The van der Waals surface area contributed by atoms with Gasteiger partial charge in [0.15, 0.2) is 4.67 Å². The second kappa shape index (κ2) is 6.40. The summed E-state index contributed by atoms with van der Waals surface area (Å²) in [5.74, 6) is 0. The molecule has 0 radical (unpaired) electrons. The molecule has 3 heteroatoms. The average molecular weight is 322 g/mol. The molecule has 1 N–H and O–H groups in total. The smallest absolute Gasteiger partial charge is 0.173 e. The van der Waals surface area contributed by atoms with Gasteiger partial charge in [-0.15, -0.1) is 0 Å². The first-order valence-electron chi connectivity index (χ1n) is 6.64. The first-order chi connectivity index (χ1) is 9.11. The van der Waals surface area contributed by atoms with E-state index in [0.29, 0.717) is 0 Å². The zero-order valence-corrected chi connectivity index (χ0v) is 13.3. The molecule has 2 rings (SSSR count). The summed E-state index contributed by atoms with van der Waals surface area (Å²) in [6.45, 7) is 7.37. The van der Waals surface area contributed by atoms with E-state index in [0.717, 1.165) is 17.6 Å². The van der Waals surface area contributed by atoms with Crippen LogP contribution in [0.5, 0.6) is 0 Å². The summed E-state index contributed by atoms with van der Waals surface area (Å²) in [6.07, 6.45) is 2.69. The SMILES string of the molecule is CCNC(Cc1ccc(C)c(C)c1)c1ccoc1Br. The quantitative estimate of drug-likeness (QED) is 0.873. The summed E-state index contributed by atoms with van der Waals surface area (Å²) >= 11 is 3.47. The van der Waals surface area contributed by atoms with Crippen LogP contribution in [0.15, 0.2) is 39.6 Å². The van der Waals surface area contributed by atoms with E-state index >= 15 is 0 Å². The predicted molar refractivity (Wildman–Crippen MR) is 82.4 cm³/mol. The Kier molecular flexibility index (Phi) is 4.83. The average Bonchev–Trinajstić information content (AvgIpc) is 2.79. The van der Waals surface area contributed by atoms with Gasteiger partial charge in [-0.25, -0.2) is 0 Å². The Balaban J connectivity index is 2.21. The Morgan fingerprint density at radius 1 is 1.21 bits per heavy atom. The van der Waals surface area contributed by atoms with Crippen LogP contribution in [0.4, 0.5) is 0 Å². The summed E-state index contributed by atoms with van der Waals surface area (Å²) in [7, 11) is 0. The van der Waals surface area contributed by atoms with Crippen molar-refractivity contribution >= 4 is 15.9 Å². The molecule has 2 nitrogen and oxygen atoms in total. The maximum absolute atomic E-state index is 5.35. The fourth-order valence-electron chi connectivity index (χ4n) is 2.26. The lowest BCUT2D eigenvalue weighted by molar-refractivity contribution is 0.506. The Morgan fingerprint density at radius 3 is 2.58 bits per heavy atom. The Morgan fingerprint density at radius 2 is 2.00 bits per heavy atom. The lowest BCUT2D eigenvalue weighted by Gasteiger charge is -2.17. The lowest BCUT2D eigenvalue weighted by Crippen LogP contribution is -2.22. The molecule has 2 aromatic rings. The van der Waals surface area contributed by atoms with E-state index in [4.69, 9.17) is 4.42 Å². The fraction of sp³-hybridized carbons (Fsp3) is 0.375. The molecule has 102 valence electrons. The second-order valence-electron chi connectivity index (χ2n) is 4.88. The van der Waals surface area contributed by atoms with E-state index in [1.54, 1.807) is 6.26 Å². The summed E-state index contributed by atoms with van der Waals surface area (Å²) < 4.78 is 6.17. The van der Waals surface area contributed by atoms with Crippen molar-refractivity contribution in [2.24, 2.45) is 0 Å². The van der Waals surface area contributed by atoms with Gasteiger partial charge in [0.25, 0.3) is 0 Å². The number of furan rings is 1. The third kappa shape index (κ3) is 3.48. The monoisotopic (exact) mass is 321 g/mol.